The highest BCUT2D eigenvalue weighted by molar-refractivity contribution is 6.39. The second kappa shape index (κ2) is 7.96. The molecule has 0 atom stereocenters. The summed E-state index contributed by atoms with van der Waals surface area (Å²) in [6.07, 6.45) is 0.652. The Morgan fingerprint density at radius 3 is 2.41 bits per heavy atom. The first kappa shape index (κ1) is 19.2. The Kier molecular flexibility index (Phi) is 5.65. The Labute approximate surface area is 162 Å². The molecule has 3 rings (SSSR count). The van der Waals surface area contributed by atoms with Gasteiger partial charge in [0.2, 0.25) is 5.91 Å². The van der Waals surface area contributed by atoms with Crippen LogP contribution in [-0.4, -0.2) is 71.6 Å². The van der Waals surface area contributed by atoms with Crippen molar-refractivity contribution in [1.82, 2.24) is 14.8 Å². The maximum atomic E-state index is 12.6. The lowest BCUT2D eigenvalue weighted by atomic mass is 10.1. The Hall–Kier alpha value is -2.61. The topological polar surface area (TPSA) is 85.3 Å². The highest BCUT2D eigenvalue weighted by atomic mass is 35.5. The maximum absolute atomic E-state index is 12.6. The Morgan fingerprint density at radius 2 is 1.78 bits per heavy atom. The van der Waals surface area contributed by atoms with Gasteiger partial charge >= 0.3 is 6.03 Å². The molecule has 0 radical (unpaired) electrons. The maximum Gasteiger partial charge on any atom is 0.321 e. The van der Waals surface area contributed by atoms with Crippen molar-refractivity contribution in [3.05, 3.63) is 28.8 Å². The molecule has 1 aromatic rings. The number of benzene rings is 1. The van der Waals surface area contributed by atoms with Gasteiger partial charge in [-0.05, 0) is 24.6 Å². The van der Waals surface area contributed by atoms with E-state index in [2.05, 4.69) is 10.4 Å². The van der Waals surface area contributed by atoms with Crippen LogP contribution in [0.15, 0.2) is 23.3 Å². The summed E-state index contributed by atoms with van der Waals surface area (Å²) in [7, 11) is 1.55. The average Bonchev–Trinajstić information content (AvgIpc) is 2.66. The van der Waals surface area contributed by atoms with Gasteiger partial charge in [-0.25, -0.2) is 9.80 Å². The highest BCUT2D eigenvalue weighted by Crippen LogP contribution is 2.20. The highest BCUT2D eigenvalue weighted by Gasteiger charge is 2.29. The number of hydrazone groups is 1. The first-order valence-electron chi connectivity index (χ1n) is 8.80. The number of carbonyl (C=O) groups excluding carboxylic acids is 3. The van der Waals surface area contributed by atoms with Crippen LogP contribution in [0.1, 0.15) is 18.4 Å². The predicted molar refractivity (Wildman–Crippen MR) is 103 cm³/mol. The number of amides is 4. The van der Waals surface area contributed by atoms with Crippen molar-refractivity contribution in [2.24, 2.45) is 5.10 Å². The molecule has 4 amide bonds. The zero-order chi connectivity index (χ0) is 19.6. The van der Waals surface area contributed by atoms with Crippen molar-refractivity contribution in [2.75, 3.05) is 38.5 Å². The number of hydrogen-bond acceptors (Lipinski definition) is 4. The smallest absolute Gasteiger partial charge is 0.321 e. The summed E-state index contributed by atoms with van der Waals surface area (Å²) in [6.45, 7) is 3.61. The Balaban J connectivity index is 1.54. The van der Waals surface area contributed by atoms with E-state index in [1.54, 1.807) is 29.0 Å². The normalized spacial score (nSPS) is 17.7. The fourth-order valence-corrected chi connectivity index (χ4v) is 3.17. The summed E-state index contributed by atoms with van der Waals surface area (Å²) < 4.78 is 0. The van der Waals surface area contributed by atoms with Crippen molar-refractivity contribution in [2.45, 2.75) is 19.8 Å². The van der Waals surface area contributed by atoms with Crippen LogP contribution < -0.4 is 5.32 Å². The lowest BCUT2D eigenvalue weighted by molar-refractivity contribution is -0.131. The van der Waals surface area contributed by atoms with Crippen LogP contribution in [0, 0.1) is 6.92 Å². The zero-order valence-corrected chi connectivity index (χ0v) is 16.1. The van der Waals surface area contributed by atoms with E-state index >= 15 is 0 Å². The molecule has 144 valence electrons. The van der Waals surface area contributed by atoms with Crippen molar-refractivity contribution >= 4 is 40.8 Å². The van der Waals surface area contributed by atoms with E-state index in [1.165, 1.54) is 5.01 Å². The number of urea groups is 1. The summed E-state index contributed by atoms with van der Waals surface area (Å²) in [6, 6.07) is 5.15. The van der Waals surface area contributed by atoms with Crippen LogP contribution in [0.25, 0.3) is 0 Å². The number of hydrogen-bond donors (Lipinski definition) is 1. The third kappa shape index (κ3) is 4.39. The van der Waals surface area contributed by atoms with E-state index in [4.69, 9.17) is 11.6 Å². The first-order valence-corrected chi connectivity index (χ1v) is 9.18. The second-order valence-electron chi connectivity index (χ2n) is 6.64. The minimum Gasteiger partial charge on any atom is -0.334 e. The van der Waals surface area contributed by atoms with Crippen LogP contribution in [0.3, 0.4) is 0 Å². The third-order valence-electron chi connectivity index (χ3n) is 4.73. The van der Waals surface area contributed by atoms with Gasteiger partial charge in [-0.2, -0.15) is 5.10 Å². The van der Waals surface area contributed by atoms with Crippen molar-refractivity contribution in [1.29, 1.82) is 0 Å². The molecule has 1 saturated heterocycles. The van der Waals surface area contributed by atoms with E-state index in [9.17, 15) is 14.4 Å². The quantitative estimate of drug-likeness (QED) is 0.835. The van der Waals surface area contributed by atoms with E-state index in [0.717, 1.165) is 5.56 Å². The zero-order valence-electron chi connectivity index (χ0n) is 15.4. The molecule has 2 heterocycles. The number of nitrogens with zero attached hydrogens (tertiary/aromatic N) is 4. The minimum atomic E-state index is -0.220. The molecule has 8 nitrogen and oxygen atoms in total. The van der Waals surface area contributed by atoms with Crippen LogP contribution in [0.2, 0.25) is 5.02 Å². The number of carbonyl (C=O) groups is 3. The van der Waals surface area contributed by atoms with E-state index < -0.39 is 0 Å². The van der Waals surface area contributed by atoms with E-state index in [0.29, 0.717) is 55.4 Å². The lowest BCUT2D eigenvalue weighted by Gasteiger charge is -2.35. The van der Waals surface area contributed by atoms with Crippen LogP contribution in [0.4, 0.5) is 10.5 Å². The van der Waals surface area contributed by atoms with Gasteiger partial charge in [-0.3, -0.25) is 9.59 Å². The van der Waals surface area contributed by atoms with Crippen molar-refractivity contribution < 1.29 is 14.4 Å². The Morgan fingerprint density at radius 1 is 1.11 bits per heavy atom. The molecule has 2 aliphatic heterocycles. The van der Waals surface area contributed by atoms with Gasteiger partial charge in [-0.15, -0.1) is 0 Å². The number of rotatable bonds is 2. The summed E-state index contributed by atoms with van der Waals surface area (Å²) >= 11 is 6.09. The second-order valence-corrected chi connectivity index (χ2v) is 7.04. The Bertz CT molecular complexity index is 802. The summed E-state index contributed by atoms with van der Waals surface area (Å²) in [4.78, 5) is 39.8. The molecule has 0 saturated carbocycles. The molecular weight excluding hydrogens is 370 g/mol. The van der Waals surface area contributed by atoms with E-state index in [1.807, 2.05) is 13.0 Å². The molecule has 0 bridgehead atoms. The van der Waals surface area contributed by atoms with Crippen LogP contribution in [-0.2, 0) is 9.59 Å². The molecule has 1 aromatic carbocycles. The van der Waals surface area contributed by atoms with Crippen molar-refractivity contribution in [3.63, 3.8) is 0 Å². The molecule has 0 aromatic heterocycles. The number of halogens is 1. The van der Waals surface area contributed by atoms with Crippen LogP contribution in [0.5, 0.6) is 0 Å². The summed E-state index contributed by atoms with van der Waals surface area (Å²) in [5.74, 6) is -0.260. The number of anilines is 1. The SMILES string of the molecule is Cc1ccc(NC(=O)N2CCN(C(=O)C3=NN(C)C(=O)CC3)CC2)cc1Cl. The number of piperazine rings is 1. The van der Waals surface area contributed by atoms with Gasteiger partial charge in [0.15, 0.2) is 0 Å². The molecule has 0 aliphatic carbocycles. The summed E-state index contributed by atoms with van der Waals surface area (Å²) in [5, 5.41) is 8.71. The van der Waals surface area contributed by atoms with Gasteiger partial charge in [0, 0.05) is 56.8 Å². The fourth-order valence-electron chi connectivity index (χ4n) is 2.99. The standard InChI is InChI=1S/C18H22ClN5O3/c1-12-3-4-13(11-14(12)19)20-18(27)24-9-7-23(8-10-24)17(26)15-5-6-16(25)22(2)21-15/h3-4,11H,5-10H2,1-2H3,(H,20,27). The number of aryl methyl sites for hydroxylation is 1. The predicted octanol–water partition coefficient (Wildman–Crippen LogP) is 1.93. The van der Waals surface area contributed by atoms with Gasteiger partial charge in [0.25, 0.3) is 5.91 Å². The largest absolute Gasteiger partial charge is 0.334 e. The van der Waals surface area contributed by atoms with E-state index in [-0.39, 0.29) is 17.8 Å². The summed E-state index contributed by atoms with van der Waals surface area (Å²) in [5.41, 5.74) is 1.97. The lowest BCUT2D eigenvalue weighted by Crippen LogP contribution is -2.53. The molecule has 1 N–H and O–H groups in total. The van der Waals surface area contributed by atoms with Gasteiger partial charge < -0.3 is 15.1 Å². The van der Waals surface area contributed by atoms with Crippen LogP contribution >= 0.6 is 11.6 Å². The average molecular weight is 392 g/mol. The third-order valence-corrected chi connectivity index (χ3v) is 5.14. The van der Waals surface area contributed by atoms with Gasteiger partial charge in [0.05, 0.1) is 0 Å². The van der Waals surface area contributed by atoms with Gasteiger partial charge in [-0.1, -0.05) is 17.7 Å². The fraction of sp³-hybridized carbons (Fsp3) is 0.444. The molecule has 0 unspecified atom stereocenters. The first-order chi connectivity index (χ1) is 12.8. The molecule has 0 spiro atoms. The molecule has 27 heavy (non-hydrogen) atoms. The van der Waals surface area contributed by atoms with Gasteiger partial charge in [0.1, 0.15) is 5.71 Å². The number of nitrogens with one attached hydrogen (secondary N) is 1. The molecule has 2 aliphatic rings. The molecular formula is C18H22ClN5O3. The minimum absolute atomic E-state index is 0.0933. The van der Waals surface area contributed by atoms with Crippen molar-refractivity contribution in [3.8, 4) is 0 Å². The molecule has 1 fully saturated rings. The monoisotopic (exact) mass is 391 g/mol. The molecule has 9 heteroatoms.